The van der Waals surface area contributed by atoms with E-state index >= 15 is 0 Å². The molecule has 0 unspecified atom stereocenters. The zero-order valence-electron chi connectivity index (χ0n) is 10.6. The summed E-state index contributed by atoms with van der Waals surface area (Å²) in [6, 6.07) is 5.65. The summed E-state index contributed by atoms with van der Waals surface area (Å²) >= 11 is 7.38. The molecular formula is C13H15ClN4S. The molecule has 2 heterocycles. The van der Waals surface area contributed by atoms with Crippen molar-refractivity contribution < 1.29 is 0 Å². The fourth-order valence-electron chi connectivity index (χ4n) is 1.63. The zero-order valence-corrected chi connectivity index (χ0v) is 12.2. The van der Waals surface area contributed by atoms with Gasteiger partial charge < -0.3 is 5.73 Å². The summed E-state index contributed by atoms with van der Waals surface area (Å²) in [7, 11) is 0. The van der Waals surface area contributed by atoms with Crippen LogP contribution in [-0.2, 0) is 6.42 Å². The molecule has 2 aromatic heterocycles. The van der Waals surface area contributed by atoms with E-state index in [1.807, 2.05) is 12.3 Å². The molecule has 0 amide bonds. The van der Waals surface area contributed by atoms with Crippen LogP contribution in [0.15, 0.2) is 29.6 Å². The molecule has 0 bridgehead atoms. The average molecular weight is 295 g/mol. The van der Waals surface area contributed by atoms with E-state index in [1.165, 1.54) is 5.56 Å². The Bertz CT molecular complexity index is 542. The van der Waals surface area contributed by atoms with Gasteiger partial charge in [0.15, 0.2) is 5.16 Å². The van der Waals surface area contributed by atoms with Crippen LogP contribution in [0.5, 0.6) is 0 Å². The van der Waals surface area contributed by atoms with Crippen LogP contribution in [0.1, 0.15) is 17.7 Å². The van der Waals surface area contributed by atoms with Crippen LogP contribution in [0.25, 0.3) is 0 Å². The van der Waals surface area contributed by atoms with Gasteiger partial charge in [-0.25, -0.2) is 9.97 Å². The predicted molar refractivity (Wildman–Crippen MR) is 79.5 cm³/mol. The van der Waals surface area contributed by atoms with E-state index in [9.17, 15) is 0 Å². The summed E-state index contributed by atoms with van der Waals surface area (Å²) in [4.78, 5) is 12.6. The van der Waals surface area contributed by atoms with Crippen LogP contribution < -0.4 is 5.73 Å². The van der Waals surface area contributed by atoms with Crippen LogP contribution in [0, 0.1) is 6.92 Å². The molecule has 6 heteroatoms. The number of anilines is 1. The molecule has 0 spiro atoms. The number of hydrogen-bond donors (Lipinski definition) is 1. The molecule has 0 radical (unpaired) electrons. The third-order valence-electron chi connectivity index (χ3n) is 2.47. The molecule has 0 aliphatic rings. The van der Waals surface area contributed by atoms with E-state index in [2.05, 4.69) is 27.9 Å². The third-order valence-corrected chi connectivity index (χ3v) is 3.60. The lowest BCUT2D eigenvalue weighted by atomic mass is 10.2. The molecule has 4 nitrogen and oxygen atoms in total. The first-order chi connectivity index (χ1) is 9.13. The Labute approximate surface area is 121 Å². The highest BCUT2D eigenvalue weighted by atomic mass is 35.5. The summed E-state index contributed by atoms with van der Waals surface area (Å²) < 4.78 is 0. The Morgan fingerprint density at radius 3 is 2.89 bits per heavy atom. The predicted octanol–water partition coefficient (Wildman–Crippen LogP) is 3.14. The average Bonchev–Trinajstić information content (AvgIpc) is 2.34. The van der Waals surface area contributed by atoms with E-state index in [0.717, 1.165) is 24.3 Å². The van der Waals surface area contributed by atoms with Gasteiger partial charge in [-0.3, -0.25) is 4.98 Å². The van der Waals surface area contributed by atoms with Crippen LogP contribution in [0.4, 0.5) is 5.82 Å². The van der Waals surface area contributed by atoms with Crippen molar-refractivity contribution in [2.24, 2.45) is 0 Å². The number of nitrogens with zero attached hydrogens (tertiary/aromatic N) is 3. The van der Waals surface area contributed by atoms with Crippen LogP contribution in [0.2, 0.25) is 5.15 Å². The lowest BCUT2D eigenvalue weighted by molar-refractivity contribution is 0.883. The maximum atomic E-state index is 5.82. The van der Waals surface area contributed by atoms with Crippen molar-refractivity contribution in [2.75, 3.05) is 11.5 Å². The fraction of sp³-hybridized carbons (Fsp3) is 0.308. The number of nitrogen functional groups attached to an aromatic ring is 1. The molecule has 0 aromatic carbocycles. The molecule has 2 aromatic rings. The number of aryl methyl sites for hydroxylation is 2. The van der Waals surface area contributed by atoms with E-state index < -0.39 is 0 Å². The van der Waals surface area contributed by atoms with Gasteiger partial charge in [-0.2, -0.15) is 0 Å². The van der Waals surface area contributed by atoms with Gasteiger partial charge in [0, 0.05) is 23.7 Å². The van der Waals surface area contributed by atoms with Crippen molar-refractivity contribution >= 4 is 29.2 Å². The fourth-order valence-corrected chi connectivity index (χ4v) is 2.68. The summed E-state index contributed by atoms with van der Waals surface area (Å²) in [6.45, 7) is 2.07. The Morgan fingerprint density at radius 2 is 2.16 bits per heavy atom. The number of pyridine rings is 1. The first-order valence-corrected chi connectivity index (χ1v) is 7.34. The van der Waals surface area contributed by atoms with Gasteiger partial charge >= 0.3 is 0 Å². The summed E-state index contributed by atoms with van der Waals surface area (Å²) in [5, 5.41) is 1.01. The monoisotopic (exact) mass is 294 g/mol. The number of nitrogens with two attached hydrogens (primary N) is 1. The standard InChI is InChI=1S/C13H15ClN4S/c1-9-4-5-16-10(7-9)3-2-6-19-13-17-11(14)8-12(15)18-13/h4-5,7-8H,2-3,6H2,1H3,(H2,15,17,18). The maximum Gasteiger partial charge on any atom is 0.190 e. The maximum absolute atomic E-state index is 5.82. The molecule has 0 aliphatic carbocycles. The smallest absolute Gasteiger partial charge is 0.190 e. The van der Waals surface area contributed by atoms with Gasteiger partial charge in [0.2, 0.25) is 0 Å². The Balaban J connectivity index is 1.80. The highest BCUT2D eigenvalue weighted by Crippen LogP contribution is 2.19. The van der Waals surface area contributed by atoms with E-state index in [0.29, 0.717) is 16.1 Å². The SMILES string of the molecule is Cc1ccnc(CCCSc2nc(N)cc(Cl)n2)c1. The number of thioether (sulfide) groups is 1. The quantitative estimate of drug-likeness (QED) is 0.397. The number of rotatable bonds is 5. The first-order valence-electron chi connectivity index (χ1n) is 5.98. The van der Waals surface area contributed by atoms with E-state index in [-0.39, 0.29) is 0 Å². The molecule has 19 heavy (non-hydrogen) atoms. The second kappa shape index (κ2) is 6.73. The molecule has 2 N–H and O–H groups in total. The van der Waals surface area contributed by atoms with Crippen molar-refractivity contribution in [1.82, 2.24) is 15.0 Å². The molecule has 0 saturated heterocycles. The minimum Gasteiger partial charge on any atom is -0.384 e. The second-order valence-corrected chi connectivity index (χ2v) is 5.62. The Morgan fingerprint density at radius 1 is 1.32 bits per heavy atom. The van der Waals surface area contributed by atoms with Gasteiger partial charge in [-0.05, 0) is 37.5 Å². The van der Waals surface area contributed by atoms with Crippen molar-refractivity contribution in [1.29, 1.82) is 0 Å². The highest BCUT2D eigenvalue weighted by Gasteiger charge is 2.02. The molecule has 0 aliphatic heterocycles. The van der Waals surface area contributed by atoms with E-state index in [1.54, 1.807) is 17.8 Å². The molecule has 100 valence electrons. The zero-order chi connectivity index (χ0) is 13.7. The minimum absolute atomic E-state index is 0.385. The topological polar surface area (TPSA) is 64.7 Å². The summed E-state index contributed by atoms with van der Waals surface area (Å²) in [5.41, 5.74) is 7.97. The number of hydrogen-bond acceptors (Lipinski definition) is 5. The Hall–Kier alpha value is -1.33. The van der Waals surface area contributed by atoms with Crippen LogP contribution in [-0.4, -0.2) is 20.7 Å². The van der Waals surface area contributed by atoms with Gasteiger partial charge in [0.1, 0.15) is 11.0 Å². The van der Waals surface area contributed by atoms with Gasteiger partial charge in [-0.1, -0.05) is 23.4 Å². The third kappa shape index (κ3) is 4.69. The molecule has 0 fully saturated rings. The largest absolute Gasteiger partial charge is 0.384 e. The van der Waals surface area contributed by atoms with Crippen LogP contribution in [0.3, 0.4) is 0 Å². The van der Waals surface area contributed by atoms with Crippen molar-refractivity contribution in [2.45, 2.75) is 24.9 Å². The van der Waals surface area contributed by atoms with E-state index in [4.69, 9.17) is 17.3 Å². The van der Waals surface area contributed by atoms with Gasteiger partial charge in [-0.15, -0.1) is 0 Å². The molecular weight excluding hydrogens is 280 g/mol. The van der Waals surface area contributed by atoms with Crippen molar-refractivity contribution in [3.05, 3.63) is 40.8 Å². The number of aromatic nitrogens is 3. The first kappa shape index (κ1) is 14.1. The Kier molecular flexibility index (Phi) is 4.99. The molecule has 0 saturated carbocycles. The lowest BCUT2D eigenvalue weighted by Gasteiger charge is -2.03. The second-order valence-electron chi connectivity index (χ2n) is 4.17. The van der Waals surface area contributed by atoms with Crippen molar-refractivity contribution in [3.8, 4) is 0 Å². The van der Waals surface area contributed by atoms with Crippen LogP contribution >= 0.6 is 23.4 Å². The normalized spacial score (nSPS) is 10.6. The summed E-state index contributed by atoms with van der Waals surface area (Å²) in [5.74, 6) is 1.32. The lowest BCUT2D eigenvalue weighted by Crippen LogP contribution is -1.96. The number of halogens is 1. The minimum atomic E-state index is 0.385. The summed E-state index contributed by atoms with van der Waals surface area (Å²) in [6.07, 6.45) is 3.81. The van der Waals surface area contributed by atoms with Gasteiger partial charge in [0.05, 0.1) is 0 Å². The molecule has 2 rings (SSSR count). The van der Waals surface area contributed by atoms with Crippen molar-refractivity contribution in [3.63, 3.8) is 0 Å². The van der Waals surface area contributed by atoms with Gasteiger partial charge in [0.25, 0.3) is 0 Å². The molecule has 0 atom stereocenters. The highest BCUT2D eigenvalue weighted by molar-refractivity contribution is 7.99.